The number of aromatic hydroxyl groups is 1. The molecule has 3 nitrogen and oxygen atoms in total. The summed E-state index contributed by atoms with van der Waals surface area (Å²) in [6, 6.07) is 5.37. The molecule has 1 N–H and O–H groups in total. The van der Waals surface area contributed by atoms with Crippen molar-refractivity contribution in [2.45, 2.75) is 12.3 Å². The minimum Gasteiger partial charge on any atom is -0.508 e. The second kappa shape index (κ2) is 2.82. The summed E-state index contributed by atoms with van der Waals surface area (Å²) in [6.45, 7) is 1.43. The first kappa shape index (κ1) is 8.00. The number of fused-ring (bicyclic) bond motifs is 3. The second-order valence-electron chi connectivity index (χ2n) is 3.74. The van der Waals surface area contributed by atoms with Crippen LogP contribution < -0.4 is 0 Å². The lowest BCUT2D eigenvalue weighted by Crippen LogP contribution is -2.23. The molecule has 0 radical (unpaired) electrons. The van der Waals surface area contributed by atoms with E-state index >= 15 is 0 Å². The van der Waals surface area contributed by atoms with Crippen molar-refractivity contribution in [3.63, 3.8) is 0 Å². The van der Waals surface area contributed by atoms with Crippen LogP contribution in [0, 0.1) is 0 Å². The van der Waals surface area contributed by atoms with Crippen molar-refractivity contribution in [1.29, 1.82) is 0 Å². The van der Waals surface area contributed by atoms with Crippen LogP contribution in [0.2, 0.25) is 0 Å². The highest BCUT2D eigenvalue weighted by Gasteiger charge is 2.29. The number of rotatable bonds is 0. The van der Waals surface area contributed by atoms with Crippen LogP contribution in [0.15, 0.2) is 23.2 Å². The third-order valence-electron chi connectivity index (χ3n) is 2.85. The van der Waals surface area contributed by atoms with Crippen LogP contribution in [0.25, 0.3) is 0 Å². The number of ether oxygens (including phenoxy) is 1. The Balaban J connectivity index is 2.09. The summed E-state index contributed by atoms with van der Waals surface area (Å²) in [5.41, 5.74) is 3.26. The Hall–Kier alpha value is -1.35. The van der Waals surface area contributed by atoms with Crippen LogP contribution in [0.3, 0.4) is 0 Å². The summed E-state index contributed by atoms with van der Waals surface area (Å²) in [6.07, 6.45) is 0.981. The van der Waals surface area contributed by atoms with Crippen LogP contribution in [0.1, 0.15) is 17.9 Å². The Morgan fingerprint density at radius 1 is 1.43 bits per heavy atom. The van der Waals surface area contributed by atoms with E-state index in [1.54, 1.807) is 6.07 Å². The molecule has 3 rings (SSSR count). The number of hydrogen-bond acceptors (Lipinski definition) is 3. The summed E-state index contributed by atoms with van der Waals surface area (Å²) in [5.74, 6) is 0.706. The van der Waals surface area contributed by atoms with Crippen LogP contribution in [0.5, 0.6) is 5.75 Å². The van der Waals surface area contributed by atoms with Crippen LogP contribution in [0.4, 0.5) is 5.69 Å². The van der Waals surface area contributed by atoms with Gasteiger partial charge in [-0.05, 0) is 30.2 Å². The quantitative estimate of drug-likeness (QED) is 0.678. The van der Waals surface area contributed by atoms with Gasteiger partial charge in [0.25, 0.3) is 0 Å². The summed E-state index contributed by atoms with van der Waals surface area (Å²) in [5, 5.41) is 9.40. The van der Waals surface area contributed by atoms with E-state index in [1.165, 1.54) is 0 Å². The second-order valence-corrected chi connectivity index (χ2v) is 3.74. The SMILES string of the molecule is Oc1ccc2c(c1)C1CCOCC1=N2. The van der Waals surface area contributed by atoms with E-state index in [1.807, 2.05) is 12.1 Å². The van der Waals surface area contributed by atoms with E-state index in [0.29, 0.717) is 18.3 Å². The zero-order chi connectivity index (χ0) is 9.54. The number of hydrogen-bond donors (Lipinski definition) is 1. The highest BCUT2D eigenvalue weighted by molar-refractivity contribution is 5.99. The molecule has 1 unspecified atom stereocenters. The van der Waals surface area contributed by atoms with Crippen molar-refractivity contribution in [2.75, 3.05) is 13.2 Å². The normalized spacial score (nSPS) is 24.0. The topological polar surface area (TPSA) is 41.8 Å². The van der Waals surface area contributed by atoms with Crippen LogP contribution in [-0.4, -0.2) is 24.0 Å². The fourth-order valence-electron chi connectivity index (χ4n) is 2.17. The lowest BCUT2D eigenvalue weighted by Gasteiger charge is -2.20. The monoisotopic (exact) mass is 189 g/mol. The van der Waals surface area contributed by atoms with Crippen molar-refractivity contribution >= 4 is 11.4 Å². The van der Waals surface area contributed by atoms with Crippen LogP contribution >= 0.6 is 0 Å². The molecule has 1 atom stereocenters. The van der Waals surface area contributed by atoms with Crippen molar-refractivity contribution in [2.24, 2.45) is 4.99 Å². The largest absolute Gasteiger partial charge is 0.508 e. The Morgan fingerprint density at radius 2 is 2.36 bits per heavy atom. The number of phenols is 1. The standard InChI is InChI=1S/C11H11NO2/c13-7-1-2-10-9(5-7)8-3-4-14-6-11(8)12-10/h1-2,5,8,13H,3-4,6H2. The van der Waals surface area contributed by atoms with Gasteiger partial charge in [-0.3, -0.25) is 4.99 Å². The maximum Gasteiger partial charge on any atom is 0.116 e. The van der Waals surface area contributed by atoms with E-state index in [2.05, 4.69) is 4.99 Å². The molecule has 0 saturated carbocycles. The molecule has 1 saturated heterocycles. The molecule has 2 heterocycles. The molecular formula is C11H11NO2. The molecule has 1 fully saturated rings. The average molecular weight is 189 g/mol. The minimum absolute atomic E-state index is 0.326. The fourth-order valence-corrected chi connectivity index (χ4v) is 2.17. The minimum atomic E-state index is 0.326. The molecule has 3 heteroatoms. The zero-order valence-electron chi connectivity index (χ0n) is 7.73. The first-order chi connectivity index (χ1) is 6.84. The van der Waals surface area contributed by atoms with Crippen LogP contribution in [-0.2, 0) is 4.74 Å². The smallest absolute Gasteiger partial charge is 0.116 e. The van der Waals surface area contributed by atoms with Gasteiger partial charge in [-0.25, -0.2) is 0 Å². The molecule has 0 amide bonds. The third kappa shape index (κ3) is 1.06. The summed E-state index contributed by atoms with van der Waals surface area (Å²) < 4.78 is 5.35. The Kier molecular flexibility index (Phi) is 1.61. The van der Waals surface area contributed by atoms with Gasteiger partial charge in [0.2, 0.25) is 0 Å². The third-order valence-corrected chi connectivity index (χ3v) is 2.85. The number of phenolic OH excluding ortho intramolecular Hbond substituents is 1. The molecule has 0 bridgehead atoms. The molecule has 1 aromatic carbocycles. The number of benzene rings is 1. The van der Waals surface area contributed by atoms with Crippen molar-refractivity contribution in [3.05, 3.63) is 23.8 Å². The molecule has 0 spiro atoms. The maximum absolute atomic E-state index is 9.40. The predicted octanol–water partition coefficient (Wildman–Crippen LogP) is 1.98. The van der Waals surface area contributed by atoms with Gasteiger partial charge < -0.3 is 9.84 Å². The van der Waals surface area contributed by atoms with Gasteiger partial charge in [0.1, 0.15) is 5.75 Å². The number of nitrogens with zero attached hydrogens (tertiary/aromatic N) is 1. The Labute approximate surface area is 82.0 Å². The molecule has 1 aromatic rings. The van der Waals surface area contributed by atoms with Gasteiger partial charge in [0.05, 0.1) is 18.0 Å². The summed E-state index contributed by atoms with van der Waals surface area (Å²) in [4.78, 5) is 4.50. The molecule has 2 aliphatic rings. The molecule has 72 valence electrons. The zero-order valence-corrected chi connectivity index (χ0v) is 7.73. The van der Waals surface area contributed by atoms with E-state index in [0.717, 1.165) is 30.0 Å². The fraction of sp³-hybridized carbons (Fsp3) is 0.364. The van der Waals surface area contributed by atoms with E-state index in [4.69, 9.17) is 4.74 Å². The molecule has 2 aliphatic heterocycles. The first-order valence-corrected chi connectivity index (χ1v) is 4.83. The Bertz CT molecular complexity index is 412. The molecule has 0 aliphatic carbocycles. The van der Waals surface area contributed by atoms with Gasteiger partial charge in [0, 0.05) is 12.5 Å². The van der Waals surface area contributed by atoms with E-state index in [-0.39, 0.29) is 0 Å². The van der Waals surface area contributed by atoms with Gasteiger partial charge in [-0.2, -0.15) is 0 Å². The molecule has 14 heavy (non-hydrogen) atoms. The lowest BCUT2D eigenvalue weighted by atomic mass is 9.92. The van der Waals surface area contributed by atoms with Gasteiger partial charge in [-0.1, -0.05) is 0 Å². The Morgan fingerprint density at radius 3 is 3.29 bits per heavy atom. The van der Waals surface area contributed by atoms with Gasteiger partial charge in [-0.15, -0.1) is 0 Å². The van der Waals surface area contributed by atoms with Crippen molar-refractivity contribution in [1.82, 2.24) is 0 Å². The lowest BCUT2D eigenvalue weighted by molar-refractivity contribution is 0.149. The van der Waals surface area contributed by atoms with Gasteiger partial charge >= 0.3 is 0 Å². The molecule has 0 aromatic heterocycles. The highest BCUT2D eigenvalue weighted by Crippen LogP contribution is 2.40. The van der Waals surface area contributed by atoms with Gasteiger partial charge in [0.15, 0.2) is 0 Å². The number of aliphatic imine (C=N–C) groups is 1. The summed E-state index contributed by atoms with van der Waals surface area (Å²) in [7, 11) is 0. The highest BCUT2D eigenvalue weighted by atomic mass is 16.5. The van der Waals surface area contributed by atoms with E-state index in [9.17, 15) is 5.11 Å². The maximum atomic E-state index is 9.40. The summed E-state index contributed by atoms with van der Waals surface area (Å²) >= 11 is 0. The van der Waals surface area contributed by atoms with Crippen molar-refractivity contribution < 1.29 is 9.84 Å². The van der Waals surface area contributed by atoms with E-state index < -0.39 is 0 Å². The van der Waals surface area contributed by atoms with Crippen molar-refractivity contribution in [3.8, 4) is 5.75 Å². The first-order valence-electron chi connectivity index (χ1n) is 4.83. The average Bonchev–Trinajstić information content (AvgIpc) is 2.56. The predicted molar refractivity (Wildman–Crippen MR) is 53.4 cm³/mol. The molecular weight excluding hydrogens is 178 g/mol.